The molecular formula is C13H12F2N2O2. The summed E-state index contributed by atoms with van der Waals surface area (Å²) in [6, 6.07) is 7.30. The lowest BCUT2D eigenvalue weighted by Gasteiger charge is -2.07. The molecule has 1 aromatic heterocycles. The van der Waals surface area contributed by atoms with Crippen molar-refractivity contribution >= 4 is 5.78 Å². The Morgan fingerprint density at radius 3 is 2.89 bits per heavy atom. The van der Waals surface area contributed by atoms with E-state index in [0.29, 0.717) is 12.2 Å². The maximum absolute atomic E-state index is 12.2. The van der Waals surface area contributed by atoms with E-state index in [-0.39, 0.29) is 17.1 Å². The average molecular weight is 266 g/mol. The average Bonchev–Trinajstić information content (AvgIpc) is 2.85. The summed E-state index contributed by atoms with van der Waals surface area (Å²) in [5, 5.41) is 4.00. The van der Waals surface area contributed by atoms with E-state index in [9.17, 15) is 13.6 Å². The molecule has 0 aliphatic heterocycles. The topological polar surface area (TPSA) is 44.1 Å². The number of alkyl halides is 2. The van der Waals surface area contributed by atoms with Crippen LogP contribution in [0.5, 0.6) is 5.75 Å². The standard InChI is InChI=1S/C13H12F2N2O2/c1-2-17-11(6-7-16-17)12(18)9-4-3-5-10(8-9)19-13(14)15/h3-8,13H,2H2,1H3. The summed E-state index contributed by atoms with van der Waals surface area (Å²) in [6.07, 6.45) is 1.52. The molecule has 0 bridgehead atoms. The van der Waals surface area contributed by atoms with Gasteiger partial charge in [-0.2, -0.15) is 13.9 Å². The Balaban J connectivity index is 2.29. The summed E-state index contributed by atoms with van der Waals surface area (Å²) in [6.45, 7) is -0.493. The van der Waals surface area contributed by atoms with Crippen molar-refractivity contribution in [3.8, 4) is 5.75 Å². The molecule has 0 unspecified atom stereocenters. The first-order valence-corrected chi connectivity index (χ1v) is 5.73. The van der Waals surface area contributed by atoms with E-state index in [1.807, 2.05) is 6.92 Å². The van der Waals surface area contributed by atoms with Crippen LogP contribution in [-0.2, 0) is 6.54 Å². The molecule has 19 heavy (non-hydrogen) atoms. The Morgan fingerprint density at radius 1 is 1.42 bits per heavy atom. The fourth-order valence-electron chi connectivity index (χ4n) is 1.74. The minimum absolute atomic E-state index is 0.0385. The zero-order valence-corrected chi connectivity index (χ0v) is 10.2. The van der Waals surface area contributed by atoms with E-state index >= 15 is 0 Å². The van der Waals surface area contributed by atoms with Crippen LogP contribution in [0, 0.1) is 0 Å². The molecule has 0 aliphatic carbocycles. The van der Waals surface area contributed by atoms with Crippen LogP contribution >= 0.6 is 0 Å². The first-order chi connectivity index (χ1) is 9.11. The van der Waals surface area contributed by atoms with Gasteiger partial charge in [-0.15, -0.1) is 0 Å². The number of ketones is 1. The first-order valence-electron chi connectivity index (χ1n) is 5.73. The molecule has 0 amide bonds. The number of carbonyl (C=O) groups is 1. The number of nitrogens with zero attached hydrogens (tertiary/aromatic N) is 2. The zero-order chi connectivity index (χ0) is 13.8. The van der Waals surface area contributed by atoms with Gasteiger partial charge in [0, 0.05) is 18.3 Å². The third-order valence-corrected chi connectivity index (χ3v) is 2.57. The van der Waals surface area contributed by atoms with Crippen molar-refractivity contribution in [1.29, 1.82) is 0 Å². The smallest absolute Gasteiger partial charge is 0.387 e. The van der Waals surface area contributed by atoms with Crippen LogP contribution in [0.1, 0.15) is 23.0 Å². The summed E-state index contributed by atoms with van der Waals surface area (Å²) >= 11 is 0. The fraction of sp³-hybridized carbons (Fsp3) is 0.231. The second-order valence-corrected chi connectivity index (χ2v) is 3.77. The normalized spacial score (nSPS) is 10.7. The van der Waals surface area contributed by atoms with Gasteiger partial charge < -0.3 is 4.74 Å². The van der Waals surface area contributed by atoms with E-state index < -0.39 is 6.61 Å². The van der Waals surface area contributed by atoms with Crippen molar-refractivity contribution in [2.24, 2.45) is 0 Å². The molecule has 0 fully saturated rings. The van der Waals surface area contributed by atoms with Crippen molar-refractivity contribution in [2.45, 2.75) is 20.1 Å². The number of hydrogen-bond donors (Lipinski definition) is 0. The molecule has 0 saturated heterocycles. The van der Waals surface area contributed by atoms with Crippen LogP contribution < -0.4 is 4.74 Å². The highest BCUT2D eigenvalue weighted by Crippen LogP contribution is 2.18. The van der Waals surface area contributed by atoms with Crippen LogP contribution in [0.15, 0.2) is 36.5 Å². The highest BCUT2D eigenvalue weighted by atomic mass is 19.3. The number of halogens is 2. The summed E-state index contributed by atoms with van der Waals surface area (Å²) in [4.78, 5) is 12.2. The van der Waals surface area contributed by atoms with E-state index in [4.69, 9.17) is 0 Å². The van der Waals surface area contributed by atoms with Crippen LogP contribution in [0.2, 0.25) is 0 Å². The summed E-state index contributed by atoms with van der Waals surface area (Å²) in [5.74, 6) is -0.317. The Hall–Kier alpha value is -2.24. The number of aryl methyl sites for hydroxylation is 1. The molecule has 0 spiro atoms. The number of hydrogen-bond acceptors (Lipinski definition) is 3. The monoisotopic (exact) mass is 266 g/mol. The third-order valence-electron chi connectivity index (χ3n) is 2.57. The molecule has 1 aromatic carbocycles. The lowest BCUT2D eigenvalue weighted by Crippen LogP contribution is -2.11. The molecule has 100 valence electrons. The van der Waals surface area contributed by atoms with Crippen molar-refractivity contribution in [2.75, 3.05) is 0 Å². The number of ether oxygens (including phenoxy) is 1. The van der Waals surface area contributed by atoms with Crippen LogP contribution in [0.25, 0.3) is 0 Å². The van der Waals surface area contributed by atoms with Gasteiger partial charge in [0.15, 0.2) is 0 Å². The summed E-state index contributed by atoms with van der Waals surface area (Å²) < 4.78 is 30.1. The minimum atomic E-state index is -2.91. The largest absolute Gasteiger partial charge is 0.435 e. The molecule has 0 N–H and O–H groups in total. The van der Waals surface area contributed by atoms with Crippen LogP contribution in [0.4, 0.5) is 8.78 Å². The summed E-state index contributed by atoms with van der Waals surface area (Å²) in [7, 11) is 0. The molecule has 0 saturated carbocycles. The molecule has 2 rings (SSSR count). The third kappa shape index (κ3) is 2.96. The van der Waals surface area contributed by atoms with Crippen LogP contribution in [-0.4, -0.2) is 22.2 Å². The van der Waals surface area contributed by atoms with Gasteiger partial charge in [-0.25, -0.2) is 0 Å². The Bertz CT molecular complexity index is 582. The Morgan fingerprint density at radius 2 is 2.21 bits per heavy atom. The molecular weight excluding hydrogens is 254 g/mol. The molecule has 4 nitrogen and oxygen atoms in total. The minimum Gasteiger partial charge on any atom is -0.435 e. The molecule has 6 heteroatoms. The second-order valence-electron chi connectivity index (χ2n) is 3.77. The molecule has 2 aromatic rings. The quantitative estimate of drug-likeness (QED) is 0.781. The van der Waals surface area contributed by atoms with Gasteiger partial charge in [0.1, 0.15) is 11.4 Å². The number of aromatic nitrogens is 2. The maximum Gasteiger partial charge on any atom is 0.387 e. The van der Waals surface area contributed by atoms with Gasteiger partial charge in [-0.3, -0.25) is 9.48 Å². The Labute approximate surface area is 108 Å². The van der Waals surface area contributed by atoms with Crippen molar-refractivity contribution in [1.82, 2.24) is 9.78 Å². The second kappa shape index (κ2) is 5.60. The lowest BCUT2D eigenvalue weighted by molar-refractivity contribution is -0.0498. The predicted molar refractivity (Wildman–Crippen MR) is 64.4 cm³/mol. The molecule has 1 heterocycles. The van der Waals surface area contributed by atoms with E-state index in [2.05, 4.69) is 9.84 Å². The van der Waals surface area contributed by atoms with Gasteiger partial charge in [-0.05, 0) is 25.1 Å². The SMILES string of the molecule is CCn1nccc1C(=O)c1cccc(OC(F)F)c1. The van der Waals surface area contributed by atoms with Gasteiger partial charge in [0.25, 0.3) is 0 Å². The fourth-order valence-corrected chi connectivity index (χ4v) is 1.74. The van der Waals surface area contributed by atoms with Gasteiger partial charge in [0.05, 0.1) is 0 Å². The predicted octanol–water partition coefficient (Wildman–Crippen LogP) is 2.74. The first kappa shape index (κ1) is 13.2. The van der Waals surface area contributed by atoms with E-state index in [1.165, 1.54) is 24.4 Å². The zero-order valence-electron chi connectivity index (χ0n) is 10.2. The summed E-state index contributed by atoms with van der Waals surface area (Å²) in [5.41, 5.74) is 0.699. The highest BCUT2D eigenvalue weighted by Gasteiger charge is 2.15. The van der Waals surface area contributed by atoms with Gasteiger partial charge in [-0.1, -0.05) is 12.1 Å². The molecule has 0 radical (unpaired) electrons. The van der Waals surface area contributed by atoms with Gasteiger partial charge in [0.2, 0.25) is 5.78 Å². The number of carbonyl (C=O) groups excluding carboxylic acids is 1. The lowest BCUT2D eigenvalue weighted by atomic mass is 10.1. The van der Waals surface area contributed by atoms with E-state index in [0.717, 1.165) is 0 Å². The van der Waals surface area contributed by atoms with Crippen molar-refractivity contribution in [3.63, 3.8) is 0 Å². The number of benzene rings is 1. The highest BCUT2D eigenvalue weighted by molar-refractivity contribution is 6.08. The van der Waals surface area contributed by atoms with Crippen molar-refractivity contribution in [3.05, 3.63) is 47.8 Å². The van der Waals surface area contributed by atoms with E-state index in [1.54, 1.807) is 16.8 Å². The van der Waals surface area contributed by atoms with Gasteiger partial charge >= 0.3 is 6.61 Å². The van der Waals surface area contributed by atoms with Crippen molar-refractivity contribution < 1.29 is 18.3 Å². The number of rotatable bonds is 5. The Kier molecular flexibility index (Phi) is 3.89. The molecule has 0 atom stereocenters. The maximum atomic E-state index is 12.2. The molecule has 0 aliphatic rings. The van der Waals surface area contributed by atoms with Crippen LogP contribution in [0.3, 0.4) is 0 Å².